The number of anilines is 1. The lowest BCUT2D eigenvalue weighted by atomic mass is 10.2. The summed E-state index contributed by atoms with van der Waals surface area (Å²) in [7, 11) is 0. The monoisotopic (exact) mass is 310 g/mol. The van der Waals surface area contributed by atoms with Crippen LogP contribution in [0.3, 0.4) is 0 Å². The maximum atomic E-state index is 5.38. The first-order valence-electron chi connectivity index (χ1n) is 7.73. The lowest BCUT2D eigenvalue weighted by Crippen LogP contribution is -2.44. The van der Waals surface area contributed by atoms with Crippen LogP contribution in [0.5, 0.6) is 11.5 Å². The highest BCUT2D eigenvalue weighted by molar-refractivity contribution is 5.80. The SMILES string of the molecule is C(=N/N1CCN(c2ccccn2)CC1)/c1ccc2c(c1)OCO2. The summed E-state index contributed by atoms with van der Waals surface area (Å²) >= 11 is 0. The van der Waals surface area contributed by atoms with E-state index in [4.69, 9.17) is 9.47 Å². The summed E-state index contributed by atoms with van der Waals surface area (Å²) < 4.78 is 10.7. The highest BCUT2D eigenvalue weighted by Gasteiger charge is 2.16. The number of piperazine rings is 1. The number of hydrogen-bond acceptors (Lipinski definition) is 6. The molecule has 23 heavy (non-hydrogen) atoms. The fraction of sp³-hybridized carbons (Fsp3) is 0.294. The smallest absolute Gasteiger partial charge is 0.231 e. The number of pyridine rings is 1. The number of hydrazone groups is 1. The minimum absolute atomic E-state index is 0.297. The molecule has 0 spiro atoms. The Labute approximate surface area is 134 Å². The fourth-order valence-corrected chi connectivity index (χ4v) is 2.72. The standard InChI is InChI=1S/C17H18N4O2/c1-2-6-18-17(3-1)20-7-9-21(10-8-20)19-12-14-4-5-15-16(11-14)23-13-22-15/h1-6,11-12H,7-10,13H2/b19-12-. The fourth-order valence-electron chi connectivity index (χ4n) is 2.72. The van der Waals surface area contributed by atoms with Gasteiger partial charge >= 0.3 is 0 Å². The van der Waals surface area contributed by atoms with Crippen LogP contribution in [0, 0.1) is 0 Å². The maximum Gasteiger partial charge on any atom is 0.231 e. The predicted octanol–water partition coefficient (Wildman–Crippen LogP) is 1.97. The van der Waals surface area contributed by atoms with Gasteiger partial charge in [0.25, 0.3) is 0 Å². The van der Waals surface area contributed by atoms with Gasteiger partial charge in [-0.25, -0.2) is 4.98 Å². The highest BCUT2D eigenvalue weighted by atomic mass is 16.7. The lowest BCUT2D eigenvalue weighted by Gasteiger charge is -2.33. The van der Waals surface area contributed by atoms with E-state index >= 15 is 0 Å². The van der Waals surface area contributed by atoms with Gasteiger partial charge in [-0.15, -0.1) is 0 Å². The van der Waals surface area contributed by atoms with E-state index in [1.165, 1.54) is 0 Å². The second kappa shape index (κ2) is 6.16. The van der Waals surface area contributed by atoms with Crippen LogP contribution in [-0.4, -0.2) is 49.2 Å². The van der Waals surface area contributed by atoms with Crippen molar-refractivity contribution in [2.45, 2.75) is 0 Å². The number of ether oxygens (including phenoxy) is 2. The van der Waals surface area contributed by atoms with Crippen LogP contribution < -0.4 is 14.4 Å². The molecule has 2 aliphatic heterocycles. The van der Waals surface area contributed by atoms with E-state index in [0.717, 1.165) is 49.1 Å². The van der Waals surface area contributed by atoms with Crippen LogP contribution in [0.1, 0.15) is 5.56 Å². The molecule has 118 valence electrons. The topological polar surface area (TPSA) is 50.2 Å². The minimum Gasteiger partial charge on any atom is -0.454 e. The lowest BCUT2D eigenvalue weighted by molar-refractivity contribution is 0.174. The van der Waals surface area contributed by atoms with Crippen LogP contribution in [0.4, 0.5) is 5.82 Å². The molecule has 0 amide bonds. The third-order valence-electron chi connectivity index (χ3n) is 4.00. The molecule has 1 aromatic heterocycles. The van der Waals surface area contributed by atoms with Crippen LogP contribution in [0.2, 0.25) is 0 Å². The molecule has 6 nitrogen and oxygen atoms in total. The minimum atomic E-state index is 0.297. The molecule has 0 radical (unpaired) electrons. The zero-order valence-electron chi connectivity index (χ0n) is 12.8. The summed E-state index contributed by atoms with van der Waals surface area (Å²) in [6, 6.07) is 11.9. The van der Waals surface area contributed by atoms with Crippen molar-refractivity contribution in [1.82, 2.24) is 9.99 Å². The third-order valence-corrected chi connectivity index (χ3v) is 4.00. The second-order valence-electron chi connectivity index (χ2n) is 5.49. The average molecular weight is 310 g/mol. The first kappa shape index (κ1) is 13.9. The summed E-state index contributed by atoms with van der Waals surface area (Å²) in [4.78, 5) is 6.68. The number of hydrogen-bond donors (Lipinski definition) is 0. The summed E-state index contributed by atoms with van der Waals surface area (Å²) in [6.45, 7) is 3.92. The number of fused-ring (bicyclic) bond motifs is 1. The Morgan fingerprint density at radius 2 is 1.87 bits per heavy atom. The Hall–Kier alpha value is -2.76. The molecule has 2 aliphatic rings. The summed E-state index contributed by atoms with van der Waals surface area (Å²) in [5.74, 6) is 2.62. The maximum absolute atomic E-state index is 5.38. The van der Waals surface area contributed by atoms with Gasteiger partial charge in [0.15, 0.2) is 11.5 Å². The molecule has 0 atom stereocenters. The Balaban J connectivity index is 1.36. The first-order chi connectivity index (χ1) is 11.4. The van der Waals surface area contributed by atoms with E-state index in [0.29, 0.717) is 6.79 Å². The number of aromatic nitrogens is 1. The molecular weight excluding hydrogens is 292 g/mol. The highest BCUT2D eigenvalue weighted by Crippen LogP contribution is 2.32. The average Bonchev–Trinajstić information content (AvgIpc) is 3.09. The van der Waals surface area contributed by atoms with E-state index in [9.17, 15) is 0 Å². The van der Waals surface area contributed by atoms with Gasteiger partial charge in [0.05, 0.1) is 19.3 Å². The normalized spacial score (nSPS) is 17.0. The number of rotatable bonds is 3. The molecule has 6 heteroatoms. The van der Waals surface area contributed by atoms with Crippen LogP contribution in [-0.2, 0) is 0 Å². The Morgan fingerprint density at radius 1 is 1.00 bits per heavy atom. The van der Waals surface area contributed by atoms with Crippen molar-refractivity contribution in [1.29, 1.82) is 0 Å². The molecule has 1 saturated heterocycles. The molecule has 1 fully saturated rings. The summed E-state index contributed by atoms with van der Waals surface area (Å²) in [5, 5.41) is 6.66. The zero-order chi connectivity index (χ0) is 15.5. The molecule has 0 unspecified atom stereocenters. The molecule has 4 rings (SSSR count). The van der Waals surface area contributed by atoms with Crippen molar-refractivity contribution in [3.8, 4) is 11.5 Å². The first-order valence-corrected chi connectivity index (χ1v) is 7.73. The van der Waals surface area contributed by atoms with Gasteiger partial charge in [-0.1, -0.05) is 6.07 Å². The molecule has 0 bridgehead atoms. The molecular formula is C17H18N4O2. The van der Waals surface area contributed by atoms with Gasteiger partial charge < -0.3 is 14.4 Å². The third kappa shape index (κ3) is 3.06. The molecule has 0 saturated carbocycles. The molecule has 1 aromatic carbocycles. The van der Waals surface area contributed by atoms with Crippen LogP contribution in [0.25, 0.3) is 0 Å². The van der Waals surface area contributed by atoms with Crippen molar-refractivity contribution >= 4 is 12.0 Å². The van der Waals surface area contributed by atoms with Crippen molar-refractivity contribution in [2.24, 2.45) is 5.10 Å². The summed E-state index contributed by atoms with van der Waals surface area (Å²) in [5.41, 5.74) is 1.02. The van der Waals surface area contributed by atoms with Gasteiger partial charge in [0.2, 0.25) is 6.79 Å². The van der Waals surface area contributed by atoms with Crippen LogP contribution in [0.15, 0.2) is 47.7 Å². The molecule has 3 heterocycles. The van der Waals surface area contributed by atoms with Crippen LogP contribution >= 0.6 is 0 Å². The Morgan fingerprint density at radius 3 is 2.70 bits per heavy atom. The number of nitrogens with zero attached hydrogens (tertiary/aromatic N) is 4. The van der Waals surface area contributed by atoms with Gasteiger partial charge in [-0.05, 0) is 35.9 Å². The van der Waals surface area contributed by atoms with Gasteiger partial charge in [-0.3, -0.25) is 5.01 Å². The Bertz CT molecular complexity index is 697. The quantitative estimate of drug-likeness (QED) is 0.811. The molecule has 0 N–H and O–H groups in total. The second-order valence-corrected chi connectivity index (χ2v) is 5.49. The van der Waals surface area contributed by atoms with E-state index in [1.807, 2.05) is 48.8 Å². The van der Waals surface area contributed by atoms with Crippen molar-refractivity contribution in [3.63, 3.8) is 0 Å². The molecule has 0 aliphatic carbocycles. The van der Waals surface area contributed by atoms with Crippen molar-refractivity contribution in [3.05, 3.63) is 48.2 Å². The predicted molar refractivity (Wildman–Crippen MR) is 88.2 cm³/mol. The van der Waals surface area contributed by atoms with E-state index in [2.05, 4.69) is 20.0 Å². The van der Waals surface area contributed by atoms with Gasteiger partial charge in [0, 0.05) is 19.3 Å². The van der Waals surface area contributed by atoms with Crippen molar-refractivity contribution in [2.75, 3.05) is 37.9 Å². The summed E-state index contributed by atoms with van der Waals surface area (Å²) in [6.07, 6.45) is 3.71. The Kier molecular flexibility index (Phi) is 3.71. The van der Waals surface area contributed by atoms with E-state index in [1.54, 1.807) is 0 Å². The van der Waals surface area contributed by atoms with Gasteiger partial charge in [0.1, 0.15) is 5.82 Å². The van der Waals surface area contributed by atoms with Crippen molar-refractivity contribution < 1.29 is 9.47 Å². The van der Waals surface area contributed by atoms with E-state index < -0.39 is 0 Å². The van der Waals surface area contributed by atoms with E-state index in [-0.39, 0.29) is 0 Å². The largest absolute Gasteiger partial charge is 0.454 e. The van der Waals surface area contributed by atoms with Gasteiger partial charge in [-0.2, -0.15) is 5.10 Å². The number of benzene rings is 1. The zero-order valence-corrected chi connectivity index (χ0v) is 12.8. The molecule has 2 aromatic rings.